The Labute approximate surface area is 126 Å². The lowest BCUT2D eigenvalue weighted by atomic mass is 10.1. The standard InChI is InChI=1S/C13H21N3O2S2/c1-15(2)8-9-16(3)20(17,18)10-11-4-6-12(7-5-11)13(14)19/h4-7H,8-10H2,1-3H3,(H2,14,19). The number of rotatable bonds is 7. The maximum atomic E-state index is 12.2. The Morgan fingerprint density at radius 3 is 2.15 bits per heavy atom. The molecule has 0 bridgehead atoms. The molecule has 5 nitrogen and oxygen atoms in total. The van der Waals surface area contributed by atoms with Crippen molar-refractivity contribution in [1.29, 1.82) is 0 Å². The summed E-state index contributed by atoms with van der Waals surface area (Å²) in [5, 5.41) is 0. The molecule has 0 radical (unpaired) electrons. The maximum absolute atomic E-state index is 12.2. The molecule has 0 saturated carbocycles. The van der Waals surface area contributed by atoms with Gasteiger partial charge in [-0.2, -0.15) is 0 Å². The van der Waals surface area contributed by atoms with Gasteiger partial charge in [-0.25, -0.2) is 12.7 Å². The summed E-state index contributed by atoms with van der Waals surface area (Å²) >= 11 is 4.86. The van der Waals surface area contributed by atoms with Crippen LogP contribution in [0.4, 0.5) is 0 Å². The van der Waals surface area contributed by atoms with Crippen LogP contribution in [-0.2, 0) is 15.8 Å². The zero-order valence-electron chi connectivity index (χ0n) is 12.0. The summed E-state index contributed by atoms with van der Waals surface area (Å²) in [5.74, 6) is -0.0193. The summed E-state index contributed by atoms with van der Waals surface area (Å²) in [6.07, 6.45) is 0. The largest absolute Gasteiger partial charge is 0.389 e. The third-order valence-electron chi connectivity index (χ3n) is 2.92. The molecule has 112 valence electrons. The number of likely N-dealkylation sites (N-methyl/N-ethyl adjacent to an activating group) is 2. The van der Waals surface area contributed by atoms with Gasteiger partial charge in [0.2, 0.25) is 10.0 Å². The summed E-state index contributed by atoms with van der Waals surface area (Å²) in [4.78, 5) is 2.26. The van der Waals surface area contributed by atoms with Crippen LogP contribution in [0.5, 0.6) is 0 Å². The second-order valence-corrected chi connectivity index (χ2v) is 7.46. The van der Waals surface area contributed by atoms with Crippen LogP contribution in [0.3, 0.4) is 0 Å². The SMILES string of the molecule is CN(C)CCN(C)S(=O)(=O)Cc1ccc(C(N)=S)cc1. The lowest BCUT2D eigenvalue weighted by molar-refractivity contribution is 0.358. The Bertz CT molecular complexity index is 553. The first-order chi connectivity index (χ1) is 9.22. The average Bonchev–Trinajstić information content (AvgIpc) is 2.35. The topological polar surface area (TPSA) is 66.6 Å². The molecule has 0 unspecified atom stereocenters. The van der Waals surface area contributed by atoms with Crippen molar-refractivity contribution < 1.29 is 8.42 Å². The van der Waals surface area contributed by atoms with Crippen LogP contribution in [0, 0.1) is 0 Å². The molecule has 0 heterocycles. The Hall–Kier alpha value is -1.02. The van der Waals surface area contributed by atoms with E-state index in [0.717, 1.165) is 11.1 Å². The lowest BCUT2D eigenvalue weighted by Crippen LogP contribution is -2.34. The number of thiocarbonyl (C=S) groups is 1. The van der Waals surface area contributed by atoms with E-state index in [1.807, 2.05) is 19.0 Å². The number of sulfonamides is 1. The highest BCUT2D eigenvalue weighted by atomic mass is 32.2. The van der Waals surface area contributed by atoms with Crippen molar-refractivity contribution in [2.45, 2.75) is 5.75 Å². The van der Waals surface area contributed by atoms with Crippen LogP contribution in [-0.4, -0.2) is 56.8 Å². The smallest absolute Gasteiger partial charge is 0.218 e. The van der Waals surface area contributed by atoms with E-state index >= 15 is 0 Å². The number of nitrogens with zero attached hydrogens (tertiary/aromatic N) is 2. The van der Waals surface area contributed by atoms with Crippen LogP contribution in [0.1, 0.15) is 11.1 Å². The number of benzene rings is 1. The molecule has 0 saturated heterocycles. The molecule has 1 aromatic rings. The molecule has 0 fully saturated rings. The normalized spacial score (nSPS) is 12.1. The van der Waals surface area contributed by atoms with Gasteiger partial charge >= 0.3 is 0 Å². The van der Waals surface area contributed by atoms with Crippen LogP contribution >= 0.6 is 12.2 Å². The van der Waals surface area contributed by atoms with Crippen molar-refractivity contribution in [1.82, 2.24) is 9.21 Å². The first-order valence-corrected chi connectivity index (χ1v) is 8.21. The van der Waals surface area contributed by atoms with E-state index in [0.29, 0.717) is 18.1 Å². The monoisotopic (exact) mass is 315 g/mol. The molecular formula is C13H21N3O2S2. The molecule has 0 atom stereocenters. The molecule has 0 aliphatic rings. The van der Waals surface area contributed by atoms with E-state index in [1.165, 1.54) is 4.31 Å². The third kappa shape index (κ3) is 5.16. The highest BCUT2D eigenvalue weighted by Gasteiger charge is 2.18. The van der Waals surface area contributed by atoms with Crippen molar-refractivity contribution >= 4 is 27.2 Å². The van der Waals surface area contributed by atoms with Crippen molar-refractivity contribution in [3.63, 3.8) is 0 Å². The molecule has 7 heteroatoms. The summed E-state index contributed by atoms with van der Waals surface area (Å²) in [5.41, 5.74) is 6.97. The van der Waals surface area contributed by atoms with Crippen molar-refractivity contribution in [2.24, 2.45) is 5.73 Å². The van der Waals surface area contributed by atoms with Crippen LogP contribution in [0.25, 0.3) is 0 Å². The van der Waals surface area contributed by atoms with Gasteiger partial charge < -0.3 is 10.6 Å². The maximum Gasteiger partial charge on any atom is 0.218 e. The third-order valence-corrected chi connectivity index (χ3v) is 4.99. The highest BCUT2D eigenvalue weighted by Crippen LogP contribution is 2.11. The molecule has 0 aromatic heterocycles. The lowest BCUT2D eigenvalue weighted by Gasteiger charge is -2.19. The highest BCUT2D eigenvalue weighted by molar-refractivity contribution is 7.88. The van der Waals surface area contributed by atoms with Crippen LogP contribution in [0.2, 0.25) is 0 Å². The van der Waals surface area contributed by atoms with Gasteiger partial charge in [0.05, 0.1) is 5.75 Å². The molecule has 0 spiro atoms. The van der Waals surface area contributed by atoms with Gasteiger partial charge in [-0.1, -0.05) is 36.5 Å². The molecule has 0 amide bonds. The van der Waals surface area contributed by atoms with Crippen molar-refractivity contribution in [2.75, 3.05) is 34.2 Å². The second kappa shape index (κ2) is 7.12. The molecule has 1 rings (SSSR count). The minimum Gasteiger partial charge on any atom is -0.389 e. The van der Waals surface area contributed by atoms with E-state index < -0.39 is 10.0 Å². The fourth-order valence-corrected chi connectivity index (χ4v) is 2.90. The molecule has 1 aromatic carbocycles. The summed E-state index contributed by atoms with van der Waals surface area (Å²) < 4.78 is 25.8. The second-order valence-electron chi connectivity index (χ2n) is 4.94. The Kier molecular flexibility index (Phi) is 6.07. The van der Waals surface area contributed by atoms with Gasteiger partial charge in [-0.3, -0.25) is 0 Å². The molecular weight excluding hydrogens is 294 g/mol. The zero-order chi connectivity index (χ0) is 15.3. The predicted octanol–water partition coefficient (Wildman–Crippen LogP) is 0.644. The van der Waals surface area contributed by atoms with Gasteiger partial charge in [-0.15, -0.1) is 0 Å². The fraction of sp³-hybridized carbons (Fsp3) is 0.462. The van der Waals surface area contributed by atoms with Crippen LogP contribution < -0.4 is 5.73 Å². The average molecular weight is 315 g/mol. The number of hydrogen-bond acceptors (Lipinski definition) is 4. The van der Waals surface area contributed by atoms with Crippen molar-refractivity contribution in [3.8, 4) is 0 Å². The minimum absolute atomic E-state index is 0.0193. The predicted molar refractivity (Wildman–Crippen MR) is 86.1 cm³/mol. The molecule has 20 heavy (non-hydrogen) atoms. The quantitative estimate of drug-likeness (QED) is 0.748. The van der Waals surface area contributed by atoms with Gasteiger partial charge in [0, 0.05) is 25.7 Å². The van der Waals surface area contributed by atoms with E-state index in [1.54, 1.807) is 31.3 Å². The Balaban J connectivity index is 2.72. The zero-order valence-corrected chi connectivity index (χ0v) is 13.7. The molecule has 2 N–H and O–H groups in total. The first kappa shape index (κ1) is 17.0. The minimum atomic E-state index is -3.30. The molecule has 0 aliphatic heterocycles. The summed E-state index contributed by atoms with van der Waals surface area (Å²) in [7, 11) is 2.12. The Morgan fingerprint density at radius 1 is 1.15 bits per heavy atom. The summed E-state index contributed by atoms with van der Waals surface area (Å²) in [6.45, 7) is 1.16. The van der Waals surface area contributed by atoms with Gasteiger partial charge in [0.1, 0.15) is 4.99 Å². The number of hydrogen-bond donors (Lipinski definition) is 1. The van der Waals surface area contributed by atoms with Gasteiger partial charge in [0.25, 0.3) is 0 Å². The van der Waals surface area contributed by atoms with Gasteiger partial charge in [-0.05, 0) is 19.7 Å². The fourth-order valence-electron chi connectivity index (χ4n) is 1.57. The van der Waals surface area contributed by atoms with E-state index in [-0.39, 0.29) is 5.75 Å². The first-order valence-electron chi connectivity index (χ1n) is 6.20. The molecule has 0 aliphatic carbocycles. The van der Waals surface area contributed by atoms with Crippen LogP contribution in [0.15, 0.2) is 24.3 Å². The Morgan fingerprint density at radius 2 is 1.70 bits per heavy atom. The number of nitrogens with two attached hydrogens (primary N) is 1. The van der Waals surface area contributed by atoms with E-state index in [4.69, 9.17) is 18.0 Å². The van der Waals surface area contributed by atoms with Crippen molar-refractivity contribution in [3.05, 3.63) is 35.4 Å². The van der Waals surface area contributed by atoms with Gasteiger partial charge in [0.15, 0.2) is 0 Å². The van der Waals surface area contributed by atoms with E-state index in [9.17, 15) is 8.42 Å². The summed E-state index contributed by atoms with van der Waals surface area (Å²) in [6, 6.07) is 6.97. The van der Waals surface area contributed by atoms with E-state index in [2.05, 4.69) is 0 Å².